The molecule has 1 heterocycles. The van der Waals surface area contributed by atoms with Gasteiger partial charge in [0, 0.05) is 12.0 Å². The van der Waals surface area contributed by atoms with Crippen molar-refractivity contribution < 1.29 is 9.47 Å². The van der Waals surface area contributed by atoms with Gasteiger partial charge >= 0.3 is 0 Å². The molecular weight excluding hydrogens is 284 g/mol. The molecule has 0 bridgehead atoms. The molecule has 4 nitrogen and oxygen atoms in total. The van der Waals surface area contributed by atoms with Gasteiger partial charge in [-0.3, -0.25) is 4.90 Å². The number of nitrogens with two attached hydrogens (primary N) is 1. The highest BCUT2D eigenvalue weighted by Crippen LogP contribution is 2.33. The maximum absolute atomic E-state index is 5.85. The van der Waals surface area contributed by atoms with Crippen LogP contribution in [0.15, 0.2) is 18.2 Å². The summed E-state index contributed by atoms with van der Waals surface area (Å²) in [6.45, 7) is 5.11. The number of rotatable bonds is 5. The number of thiocarbonyl (C=S) groups is 1. The van der Waals surface area contributed by atoms with Crippen LogP contribution in [0.5, 0.6) is 11.5 Å². The summed E-state index contributed by atoms with van der Waals surface area (Å²) in [5.41, 5.74) is 7.10. The molecule has 0 radical (unpaired) electrons. The summed E-state index contributed by atoms with van der Waals surface area (Å²) >= 11 is 5.19. The summed E-state index contributed by atoms with van der Waals surface area (Å²) in [4.78, 5) is 3.08. The van der Waals surface area contributed by atoms with Crippen LogP contribution in [0.2, 0.25) is 0 Å². The van der Waals surface area contributed by atoms with E-state index in [0.717, 1.165) is 44.0 Å². The third kappa shape index (κ3) is 3.66. The Bertz CT molecular complexity index is 511. The van der Waals surface area contributed by atoms with E-state index in [-0.39, 0.29) is 5.41 Å². The molecule has 0 unspecified atom stereocenters. The van der Waals surface area contributed by atoms with Gasteiger partial charge in [-0.25, -0.2) is 0 Å². The summed E-state index contributed by atoms with van der Waals surface area (Å²) in [6.07, 6.45) is 2.05. The standard InChI is InChI=1S/C16H24N2O2S/c1-16(15(17)21)6-8-18(9-7-16)11-12-4-5-13(19-2)14(10-12)20-3/h4-5,10H,6-9,11H2,1-3H3,(H2,17,21). The SMILES string of the molecule is COc1ccc(CN2CCC(C)(C(N)=S)CC2)cc1OC. The first-order chi connectivity index (χ1) is 9.98. The zero-order valence-corrected chi connectivity index (χ0v) is 13.8. The van der Waals surface area contributed by atoms with Crippen molar-refractivity contribution in [2.75, 3.05) is 27.3 Å². The van der Waals surface area contributed by atoms with Crippen molar-refractivity contribution in [1.29, 1.82) is 0 Å². The van der Waals surface area contributed by atoms with Crippen molar-refractivity contribution in [3.8, 4) is 11.5 Å². The van der Waals surface area contributed by atoms with E-state index in [1.165, 1.54) is 5.56 Å². The predicted molar refractivity (Wildman–Crippen MR) is 88.9 cm³/mol. The van der Waals surface area contributed by atoms with Crippen molar-refractivity contribution >= 4 is 17.2 Å². The third-order valence-electron chi connectivity index (χ3n) is 4.41. The van der Waals surface area contributed by atoms with Crippen molar-refractivity contribution in [2.24, 2.45) is 11.1 Å². The van der Waals surface area contributed by atoms with Gasteiger partial charge in [0.2, 0.25) is 0 Å². The van der Waals surface area contributed by atoms with Crippen molar-refractivity contribution in [3.05, 3.63) is 23.8 Å². The van der Waals surface area contributed by atoms with Gasteiger partial charge in [-0.1, -0.05) is 25.2 Å². The smallest absolute Gasteiger partial charge is 0.161 e. The average Bonchev–Trinajstić information content (AvgIpc) is 2.49. The van der Waals surface area contributed by atoms with Crippen LogP contribution < -0.4 is 15.2 Å². The maximum atomic E-state index is 5.85. The molecule has 1 aliphatic heterocycles. The Balaban J connectivity index is 1.99. The topological polar surface area (TPSA) is 47.7 Å². The van der Waals surface area contributed by atoms with E-state index < -0.39 is 0 Å². The monoisotopic (exact) mass is 308 g/mol. The number of likely N-dealkylation sites (tertiary alicyclic amines) is 1. The van der Waals surface area contributed by atoms with Crippen molar-refractivity contribution in [3.63, 3.8) is 0 Å². The van der Waals surface area contributed by atoms with Crippen LogP contribution >= 0.6 is 12.2 Å². The summed E-state index contributed by atoms with van der Waals surface area (Å²) in [5, 5.41) is 0. The summed E-state index contributed by atoms with van der Waals surface area (Å²) in [7, 11) is 3.31. The lowest BCUT2D eigenvalue weighted by molar-refractivity contribution is 0.158. The van der Waals surface area contributed by atoms with E-state index in [9.17, 15) is 0 Å². The van der Waals surface area contributed by atoms with Crippen molar-refractivity contribution in [1.82, 2.24) is 4.90 Å². The van der Waals surface area contributed by atoms with E-state index in [0.29, 0.717) is 4.99 Å². The molecule has 21 heavy (non-hydrogen) atoms. The van der Waals surface area contributed by atoms with E-state index in [2.05, 4.69) is 17.9 Å². The molecule has 2 rings (SSSR count). The minimum absolute atomic E-state index is 0.0173. The minimum atomic E-state index is 0.0173. The number of nitrogens with zero attached hydrogens (tertiary/aromatic N) is 1. The van der Waals surface area contributed by atoms with E-state index in [1.54, 1.807) is 14.2 Å². The number of hydrogen-bond acceptors (Lipinski definition) is 4. The highest BCUT2D eigenvalue weighted by molar-refractivity contribution is 7.80. The van der Waals surface area contributed by atoms with Crippen LogP contribution in [-0.2, 0) is 6.54 Å². The Kier molecular flexibility index (Phi) is 5.06. The molecular formula is C16H24N2O2S. The van der Waals surface area contributed by atoms with Crippen LogP contribution in [0.4, 0.5) is 0 Å². The highest BCUT2D eigenvalue weighted by Gasteiger charge is 2.32. The van der Waals surface area contributed by atoms with E-state index in [1.807, 2.05) is 12.1 Å². The molecule has 0 amide bonds. The van der Waals surface area contributed by atoms with Gasteiger partial charge in [0.1, 0.15) is 0 Å². The van der Waals surface area contributed by atoms with Gasteiger partial charge in [-0.2, -0.15) is 0 Å². The van der Waals surface area contributed by atoms with Crippen LogP contribution in [0, 0.1) is 5.41 Å². The Morgan fingerprint density at radius 3 is 2.38 bits per heavy atom. The highest BCUT2D eigenvalue weighted by atomic mass is 32.1. The maximum Gasteiger partial charge on any atom is 0.161 e. The molecule has 5 heteroatoms. The predicted octanol–water partition coefficient (Wildman–Crippen LogP) is 2.59. The molecule has 1 aliphatic rings. The van der Waals surface area contributed by atoms with E-state index in [4.69, 9.17) is 27.4 Å². The second-order valence-corrected chi connectivity index (χ2v) is 6.33. The molecule has 1 aromatic carbocycles. The Labute approximate surface area is 132 Å². The molecule has 116 valence electrons. The molecule has 0 aliphatic carbocycles. The van der Waals surface area contributed by atoms with Crippen molar-refractivity contribution in [2.45, 2.75) is 26.3 Å². The number of hydrogen-bond donors (Lipinski definition) is 1. The quantitative estimate of drug-likeness (QED) is 0.847. The molecule has 0 saturated carbocycles. The van der Waals surface area contributed by atoms with Crippen LogP contribution in [0.1, 0.15) is 25.3 Å². The number of methoxy groups -OCH3 is 2. The van der Waals surface area contributed by atoms with Crippen LogP contribution in [-0.4, -0.2) is 37.2 Å². The number of piperidine rings is 1. The van der Waals surface area contributed by atoms with Crippen LogP contribution in [0.25, 0.3) is 0 Å². The first-order valence-corrected chi connectivity index (χ1v) is 7.62. The summed E-state index contributed by atoms with van der Waals surface area (Å²) < 4.78 is 10.6. The fourth-order valence-electron chi connectivity index (χ4n) is 2.69. The van der Waals surface area contributed by atoms with Crippen LogP contribution in [0.3, 0.4) is 0 Å². The second-order valence-electron chi connectivity index (χ2n) is 5.89. The minimum Gasteiger partial charge on any atom is -0.493 e. The Hall–Kier alpha value is -1.33. The van der Waals surface area contributed by atoms with Gasteiger partial charge < -0.3 is 15.2 Å². The first-order valence-electron chi connectivity index (χ1n) is 7.21. The van der Waals surface area contributed by atoms with Gasteiger partial charge in [0.25, 0.3) is 0 Å². The van der Waals surface area contributed by atoms with Gasteiger partial charge in [-0.05, 0) is 43.6 Å². The number of benzene rings is 1. The summed E-state index contributed by atoms with van der Waals surface area (Å²) in [5.74, 6) is 1.54. The van der Waals surface area contributed by atoms with E-state index >= 15 is 0 Å². The lowest BCUT2D eigenvalue weighted by atomic mass is 9.80. The van der Waals surface area contributed by atoms with Gasteiger partial charge in [-0.15, -0.1) is 0 Å². The number of ether oxygens (including phenoxy) is 2. The fraction of sp³-hybridized carbons (Fsp3) is 0.562. The first kappa shape index (κ1) is 16.0. The largest absolute Gasteiger partial charge is 0.493 e. The molecule has 0 aromatic heterocycles. The molecule has 0 atom stereocenters. The molecule has 0 spiro atoms. The zero-order chi connectivity index (χ0) is 15.5. The fourth-order valence-corrected chi connectivity index (χ4v) is 2.89. The lowest BCUT2D eigenvalue weighted by Gasteiger charge is -2.38. The third-order valence-corrected chi connectivity index (χ3v) is 4.90. The molecule has 1 aromatic rings. The second kappa shape index (κ2) is 6.62. The average molecular weight is 308 g/mol. The normalized spacial score (nSPS) is 18.2. The lowest BCUT2D eigenvalue weighted by Crippen LogP contribution is -2.44. The molecule has 2 N–H and O–H groups in total. The summed E-state index contributed by atoms with van der Waals surface area (Å²) in [6, 6.07) is 6.08. The Morgan fingerprint density at radius 1 is 1.24 bits per heavy atom. The van der Waals surface area contributed by atoms with Gasteiger partial charge in [0.05, 0.1) is 19.2 Å². The molecule has 1 fully saturated rings. The molecule has 1 saturated heterocycles. The van der Waals surface area contributed by atoms with Gasteiger partial charge in [0.15, 0.2) is 11.5 Å². The Morgan fingerprint density at radius 2 is 1.86 bits per heavy atom. The zero-order valence-electron chi connectivity index (χ0n) is 13.0.